The van der Waals surface area contributed by atoms with Crippen LogP contribution in [0.15, 0.2) is 47.6 Å². The van der Waals surface area contributed by atoms with Crippen LogP contribution in [0.4, 0.5) is 13.2 Å². The summed E-state index contributed by atoms with van der Waals surface area (Å²) in [6, 6.07) is 10.2. The summed E-state index contributed by atoms with van der Waals surface area (Å²) in [4.78, 5) is 11.9. The Morgan fingerprint density at radius 2 is 1.90 bits per heavy atom. The van der Waals surface area contributed by atoms with Crippen molar-refractivity contribution in [3.8, 4) is 17.1 Å². The molecule has 1 atom stereocenters. The average molecular weight is 475 g/mol. The number of carbonyl (C=O) groups is 1. The van der Waals surface area contributed by atoms with Crippen molar-refractivity contribution in [1.29, 1.82) is 0 Å². The molecule has 30 heavy (non-hydrogen) atoms. The molecule has 11 heteroatoms. The molecule has 2 aromatic carbocycles. The molecule has 0 saturated heterocycles. The first kappa shape index (κ1) is 22.5. The van der Waals surface area contributed by atoms with E-state index < -0.39 is 22.0 Å². The molecule has 158 valence electrons. The van der Waals surface area contributed by atoms with Gasteiger partial charge in [0, 0.05) is 17.6 Å². The van der Waals surface area contributed by atoms with Gasteiger partial charge in [-0.25, -0.2) is 0 Å². The van der Waals surface area contributed by atoms with Crippen molar-refractivity contribution in [3.05, 3.63) is 58.1 Å². The number of benzene rings is 2. The van der Waals surface area contributed by atoms with Gasteiger partial charge in [0.05, 0.1) is 21.5 Å². The second kappa shape index (κ2) is 8.87. The Labute approximate surface area is 184 Å². The van der Waals surface area contributed by atoms with Gasteiger partial charge in [0.2, 0.25) is 5.91 Å². The topological polar surface area (TPSA) is 59.8 Å². The van der Waals surface area contributed by atoms with Crippen LogP contribution in [0.1, 0.15) is 12.5 Å². The molecular weight excluding hydrogens is 460 g/mol. The number of aromatic nitrogens is 3. The third-order valence-corrected chi connectivity index (χ3v) is 5.73. The molecule has 0 spiro atoms. The molecule has 3 aromatic rings. The first-order valence-corrected chi connectivity index (χ1v) is 10.2. The number of nitrogens with one attached hydrogen (secondary N) is 1. The molecule has 0 aliphatic heterocycles. The minimum atomic E-state index is -4.64. The van der Waals surface area contributed by atoms with Crippen molar-refractivity contribution in [1.82, 2.24) is 20.1 Å². The van der Waals surface area contributed by atoms with Crippen molar-refractivity contribution < 1.29 is 18.0 Å². The van der Waals surface area contributed by atoms with Crippen LogP contribution in [-0.4, -0.2) is 33.0 Å². The van der Waals surface area contributed by atoms with Crippen molar-refractivity contribution in [2.45, 2.75) is 23.5 Å². The molecule has 0 saturated carbocycles. The fourth-order valence-corrected chi connectivity index (χ4v) is 4.02. The monoisotopic (exact) mass is 474 g/mol. The molecule has 1 heterocycles. The molecule has 0 aliphatic carbocycles. The van der Waals surface area contributed by atoms with Gasteiger partial charge in [-0.1, -0.05) is 47.1 Å². The first-order valence-electron chi connectivity index (χ1n) is 8.58. The summed E-state index contributed by atoms with van der Waals surface area (Å²) in [6.07, 6.45) is -4.64. The summed E-state index contributed by atoms with van der Waals surface area (Å²) < 4.78 is 41.7. The average Bonchev–Trinajstić information content (AvgIpc) is 3.10. The van der Waals surface area contributed by atoms with Gasteiger partial charge in [0.15, 0.2) is 11.0 Å². The van der Waals surface area contributed by atoms with Crippen LogP contribution < -0.4 is 5.32 Å². The van der Waals surface area contributed by atoms with Crippen molar-refractivity contribution in [2.75, 3.05) is 7.05 Å². The lowest BCUT2D eigenvalue weighted by atomic mass is 10.1. The van der Waals surface area contributed by atoms with Gasteiger partial charge in [-0.05, 0) is 37.3 Å². The number of carbonyl (C=O) groups excluding carboxylic acids is 1. The predicted octanol–water partition coefficient (Wildman–Crippen LogP) is 5.49. The van der Waals surface area contributed by atoms with E-state index in [2.05, 4.69) is 15.5 Å². The molecule has 0 fully saturated rings. The van der Waals surface area contributed by atoms with Crippen LogP contribution in [0, 0.1) is 0 Å². The van der Waals surface area contributed by atoms with E-state index in [0.29, 0.717) is 10.6 Å². The summed E-state index contributed by atoms with van der Waals surface area (Å²) in [5, 5.41) is 10.5. The molecule has 1 unspecified atom stereocenters. The minimum absolute atomic E-state index is 0.151. The van der Waals surface area contributed by atoms with Crippen LogP contribution in [0.25, 0.3) is 17.1 Å². The highest BCUT2D eigenvalue weighted by Crippen LogP contribution is 2.38. The Hall–Kier alpha value is -2.23. The Bertz CT molecular complexity index is 1090. The number of halogens is 5. The van der Waals surface area contributed by atoms with E-state index in [4.69, 9.17) is 23.2 Å². The summed E-state index contributed by atoms with van der Waals surface area (Å²) in [7, 11) is 1.50. The smallest absolute Gasteiger partial charge is 0.358 e. The van der Waals surface area contributed by atoms with Crippen LogP contribution in [0.3, 0.4) is 0 Å². The maximum Gasteiger partial charge on any atom is 0.417 e. The zero-order valence-corrected chi connectivity index (χ0v) is 18.0. The fourth-order valence-electron chi connectivity index (χ4n) is 2.68. The predicted molar refractivity (Wildman–Crippen MR) is 111 cm³/mol. The zero-order chi connectivity index (χ0) is 22.1. The number of thioether (sulfide) groups is 1. The number of rotatable bonds is 5. The van der Waals surface area contributed by atoms with E-state index in [1.54, 1.807) is 31.2 Å². The molecule has 1 amide bonds. The number of hydrogen-bond acceptors (Lipinski definition) is 4. The van der Waals surface area contributed by atoms with Gasteiger partial charge >= 0.3 is 6.18 Å². The summed E-state index contributed by atoms with van der Waals surface area (Å²) in [5.74, 6) is 0.0190. The minimum Gasteiger partial charge on any atom is -0.358 e. The normalized spacial score (nSPS) is 12.6. The van der Waals surface area contributed by atoms with Crippen molar-refractivity contribution in [3.63, 3.8) is 0 Å². The summed E-state index contributed by atoms with van der Waals surface area (Å²) in [6.45, 7) is 1.66. The van der Waals surface area contributed by atoms with E-state index in [1.165, 1.54) is 17.7 Å². The Morgan fingerprint density at radius 1 is 1.17 bits per heavy atom. The first-order chi connectivity index (χ1) is 14.1. The highest BCUT2D eigenvalue weighted by Gasteiger charge is 2.34. The van der Waals surface area contributed by atoms with E-state index in [1.807, 2.05) is 0 Å². The van der Waals surface area contributed by atoms with Gasteiger partial charge in [-0.2, -0.15) is 13.2 Å². The second-order valence-corrected chi connectivity index (χ2v) is 8.34. The standard InChI is InChI=1S/C19H15Cl2F3N4OS/c1-10(17(29)25-2)30-18-27-26-16(11-4-3-5-12(20)8-11)28(18)13-6-7-15(21)14(9-13)19(22,23)24/h3-10H,1-2H3,(H,25,29). The largest absolute Gasteiger partial charge is 0.417 e. The third-order valence-electron chi connectivity index (χ3n) is 4.13. The van der Waals surface area contributed by atoms with Crippen LogP contribution >= 0.6 is 35.0 Å². The highest BCUT2D eigenvalue weighted by molar-refractivity contribution is 8.00. The van der Waals surface area contributed by atoms with E-state index in [-0.39, 0.29) is 22.6 Å². The number of hydrogen-bond donors (Lipinski definition) is 1. The van der Waals surface area contributed by atoms with E-state index >= 15 is 0 Å². The Kier molecular flexibility index (Phi) is 6.64. The lowest BCUT2D eigenvalue weighted by molar-refractivity contribution is -0.137. The lowest BCUT2D eigenvalue weighted by Crippen LogP contribution is -2.27. The van der Waals surface area contributed by atoms with Crippen LogP contribution in [-0.2, 0) is 11.0 Å². The molecule has 0 bridgehead atoms. The summed E-state index contributed by atoms with van der Waals surface area (Å²) >= 11 is 12.9. The van der Waals surface area contributed by atoms with Gasteiger partial charge < -0.3 is 5.32 Å². The molecule has 3 rings (SSSR count). The Morgan fingerprint density at radius 3 is 2.53 bits per heavy atom. The van der Waals surface area contributed by atoms with E-state index in [0.717, 1.165) is 23.9 Å². The lowest BCUT2D eigenvalue weighted by Gasteiger charge is -2.15. The molecule has 1 aromatic heterocycles. The van der Waals surface area contributed by atoms with Gasteiger partial charge in [-0.15, -0.1) is 10.2 Å². The third kappa shape index (κ3) is 4.74. The maximum absolute atomic E-state index is 13.4. The fraction of sp³-hybridized carbons (Fsp3) is 0.211. The SMILES string of the molecule is CNC(=O)C(C)Sc1nnc(-c2cccc(Cl)c2)n1-c1ccc(Cl)c(C(F)(F)F)c1. The molecular formula is C19H15Cl2F3N4OS. The molecule has 5 nitrogen and oxygen atoms in total. The maximum atomic E-state index is 13.4. The molecule has 1 N–H and O–H groups in total. The van der Waals surface area contributed by atoms with Gasteiger partial charge in [0.25, 0.3) is 0 Å². The van der Waals surface area contributed by atoms with Gasteiger partial charge in [-0.3, -0.25) is 9.36 Å². The zero-order valence-electron chi connectivity index (χ0n) is 15.7. The number of alkyl halides is 3. The van der Waals surface area contributed by atoms with E-state index in [9.17, 15) is 18.0 Å². The Balaban J connectivity index is 2.20. The van der Waals surface area contributed by atoms with Gasteiger partial charge in [0.1, 0.15) is 0 Å². The van der Waals surface area contributed by atoms with Crippen molar-refractivity contribution >= 4 is 40.9 Å². The molecule has 0 aliphatic rings. The van der Waals surface area contributed by atoms with Crippen molar-refractivity contribution in [2.24, 2.45) is 0 Å². The quantitative estimate of drug-likeness (QED) is 0.496. The number of nitrogens with zero attached hydrogens (tertiary/aromatic N) is 3. The van der Waals surface area contributed by atoms with Crippen LogP contribution in [0.2, 0.25) is 10.0 Å². The molecule has 0 radical (unpaired) electrons. The second-order valence-electron chi connectivity index (χ2n) is 6.19. The highest BCUT2D eigenvalue weighted by atomic mass is 35.5. The summed E-state index contributed by atoms with van der Waals surface area (Å²) in [5.41, 5.74) is -0.279. The van der Waals surface area contributed by atoms with Crippen LogP contribution in [0.5, 0.6) is 0 Å². The number of amides is 1.